The normalized spacial score (nSPS) is 37.1. The second kappa shape index (κ2) is 13.3. The number of aliphatic hydroxyl groups excluding tert-OH is 1. The predicted octanol–water partition coefficient (Wildman–Crippen LogP) is 8.89. The number of halogens is 1. The average molecular weight is 661 g/mol. The molecule has 0 bridgehead atoms. The molecule has 0 radical (unpaired) electrons. The smallest absolute Gasteiger partial charge is 0.331 e. The molecule has 47 heavy (non-hydrogen) atoms. The Bertz CT molecular complexity index is 1530. The van der Waals surface area contributed by atoms with E-state index in [0.29, 0.717) is 12.8 Å². The zero-order valence-electron chi connectivity index (χ0n) is 29.3. The van der Waals surface area contributed by atoms with Gasteiger partial charge in [0.1, 0.15) is 4.87 Å². The molecule has 5 nitrogen and oxygen atoms in total. The number of hydrogen-bond acceptors (Lipinski definition) is 5. The molecule has 3 saturated carbocycles. The highest BCUT2D eigenvalue weighted by Crippen LogP contribution is 2.68. The highest BCUT2D eigenvalue weighted by molar-refractivity contribution is 6.36. The summed E-state index contributed by atoms with van der Waals surface area (Å²) >= 11 is 7.25. The van der Waals surface area contributed by atoms with E-state index < -0.39 is 29.0 Å². The van der Waals surface area contributed by atoms with E-state index in [1.165, 1.54) is 30.1 Å². The molecule has 7 atom stereocenters. The molecule has 0 aromatic rings. The van der Waals surface area contributed by atoms with Gasteiger partial charge in [-0.1, -0.05) is 80.9 Å². The first-order chi connectivity index (χ1) is 22.0. The fraction of sp³-hybridized carbons (Fsp3) is 0.585. The number of hydrogen-bond donors (Lipinski definition) is 1. The van der Waals surface area contributed by atoms with Gasteiger partial charge >= 0.3 is 5.97 Å². The van der Waals surface area contributed by atoms with Crippen LogP contribution >= 0.6 is 11.6 Å². The molecule has 0 aromatic carbocycles. The number of allylic oxidation sites excluding steroid dienone is 13. The Morgan fingerprint density at radius 1 is 1.06 bits per heavy atom. The van der Waals surface area contributed by atoms with Crippen molar-refractivity contribution < 1.29 is 24.2 Å². The van der Waals surface area contributed by atoms with Crippen molar-refractivity contribution >= 4 is 29.1 Å². The molecule has 254 valence electrons. The van der Waals surface area contributed by atoms with Crippen LogP contribution in [0.2, 0.25) is 0 Å². The van der Waals surface area contributed by atoms with E-state index in [1.807, 2.05) is 38.2 Å². The van der Waals surface area contributed by atoms with Gasteiger partial charge in [0.2, 0.25) is 0 Å². The number of carbonyl (C=O) groups excluding carboxylic acids is 3. The van der Waals surface area contributed by atoms with Crippen molar-refractivity contribution in [1.29, 1.82) is 0 Å². The molecule has 3 fully saturated rings. The van der Waals surface area contributed by atoms with Crippen molar-refractivity contribution in [3.8, 4) is 0 Å². The maximum Gasteiger partial charge on any atom is 0.331 e. The van der Waals surface area contributed by atoms with Gasteiger partial charge in [-0.05, 0) is 118 Å². The number of ketones is 2. The van der Waals surface area contributed by atoms with E-state index in [2.05, 4.69) is 46.8 Å². The Hall–Kier alpha value is -2.76. The summed E-state index contributed by atoms with van der Waals surface area (Å²) in [4.78, 5) is 37.3. The maximum atomic E-state index is 13.7. The first-order valence-electron chi connectivity index (χ1n) is 17.4. The monoisotopic (exact) mass is 660 g/mol. The van der Waals surface area contributed by atoms with Gasteiger partial charge in [0, 0.05) is 17.4 Å². The molecule has 0 saturated heterocycles. The molecule has 0 heterocycles. The molecule has 0 unspecified atom stereocenters. The Balaban J connectivity index is 1.19. The van der Waals surface area contributed by atoms with Crippen molar-refractivity contribution in [2.45, 2.75) is 111 Å². The van der Waals surface area contributed by atoms with Gasteiger partial charge in [-0.15, -0.1) is 11.6 Å². The third-order valence-electron chi connectivity index (χ3n) is 12.5. The van der Waals surface area contributed by atoms with E-state index in [9.17, 15) is 19.5 Å². The third kappa shape index (κ3) is 6.64. The lowest BCUT2D eigenvalue weighted by Gasteiger charge is -2.59. The minimum absolute atomic E-state index is 0.00914. The Labute approximate surface area is 286 Å². The number of ether oxygens (including phenoxy) is 1. The van der Waals surface area contributed by atoms with Gasteiger partial charge in [-0.2, -0.15) is 0 Å². The second-order valence-corrected chi connectivity index (χ2v) is 16.7. The number of rotatable bonds is 8. The lowest BCUT2D eigenvalue weighted by Crippen LogP contribution is -2.60. The van der Waals surface area contributed by atoms with Crippen molar-refractivity contribution in [2.24, 2.45) is 34.0 Å². The summed E-state index contributed by atoms with van der Waals surface area (Å²) in [6.07, 6.45) is 23.2. The van der Waals surface area contributed by atoms with Gasteiger partial charge in [-0.3, -0.25) is 9.59 Å². The number of esters is 1. The number of aliphatic hydroxyl groups is 1. The van der Waals surface area contributed by atoms with Crippen LogP contribution in [-0.4, -0.2) is 40.2 Å². The second-order valence-electron chi connectivity index (χ2n) is 16.0. The summed E-state index contributed by atoms with van der Waals surface area (Å²) in [7, 11) is 0. The molecular formula is C41H53ClO5. The molecule has 1 N–H and O–H groups in total. The third-order valence-corrected chi connectivity index (χ3v) is 13.3. The first kappa shape index (κ1) is 35.5. The van der Waals surface area contributed by atoms with Crippen molar-refractivity contribution in [1.82, 2.24) is 0 Å². The fourth-order valence-electron chi connectivity index (χ4n) is 9.92. The molecular weight excluding hydrogens is 608 g/mol. The van der Waals surface area contributed by atoms with Crippen molar-refractivity contribution in [2.75, 3.05) is 6.61 Å². The Morgan fingerprint density at radius 3 is 2.53 bits per heavy atom. The highest BCUT2D eigenvalue weighted by atomic mass is 35.5. The van der Waals surface area contributed by atoms with Crippen LogP contribution in [0.4, 0.5) is 0 Å². The molecule has 0 amide bonds. The predicted molar refractivity (Wildman–Crippen MR) is 189 cm³/mol. The van der Waals surface area contributed by atoms with Crippen LogP contribution < -0.4 is 0 Å². The molecule has 0 aliphatic heterocycles. The lowest BCUT2D eigenvalue weighted by molar-refractivity contribution is -0.148. The average Bonchev–Trinajstić information content (AvgIpc) is 3.26. The number of Topliss-reactive ketones (excluding diaryl/α,β-unsaturated/α-hetero) is 1. The number of alkyl halides is 1. The number of fused-ring (bicyclic) bond motifs is 5. The maximum absolute atomic E-state index is 13.7. The molecule has 0 aromatic heterocycles. The van der Waals surface area contributed by atoms with Crippen LogP contribution in [0.1, 0.15) is 99.8 Å². The first-order valence-corrected chi connectivity index (χ1v) is 17.8. The molecule has 0 spiro atoms. The molecule has 5 aliphatic rings. The Morgan fingerprint density at radius 2 is 1.81 bits per heavy atom. The lowest BCUT2D eigenvalue weighted by atomic mass is 9.46. The standard InChI is InChI=1S/C41H53ClO5/c1-26(13-16-32-28(3)12-9-19-38(32,4)5)10-8-11-27(2)22-36(46)47-25-35(45)41(42)21-18-33-31-15-14-29-23-30(43)17-20-39(29,6)37(31)34(44)24-40(33,41)7/h8,10-11,13,16-17,20,22-23,31,33-34,37,44H,9,12,14-15,18-19,21,24-25H2,1-7H3/b11-8+,16-13+,26-10+,27-22+/t31-,33-,34-,37+,39-,40-,41-/m0/s1. The summed E-state index contributed by atoms with van der Waals surface area (Å²) in [6, 6.07) is 0. The summed E-state index contributed by atoms with van der Waals surface area (Å²) in [5, 5.41) is 11.6. The minimum atomic E-state index is -1.21. The van der Waals surface area contributed by atoms with Gasteiger partial charge in [0.05, 0.1) is 6.10 Å². The van der Waals surface area contributed by atoms with Crippen LogP contribution in [0.3, 0.4) is 0 Å². The van der Waals surface area contributed by atoms with Crippen LogP contribution in [0.5, 0.6) is 0 Å². The fourth-order valence-corrected chi connectivity index (χ4v) is 10.3. The van der Waals surface area contributed by atoms with Gasteiger partial charge in [0.25, 0.3) is 0 Å². The van der Waals surface area contributed by atoms with Gasteiger partial charge in [0.15, 0.2) is 18.2 Å². The van der Waals surface area contributed by atoms with E-state index in [0.717, 1.165) is 42.4 Å². The summed E-state index contributed by atoms with van der Waals surface area (Å²) in [5.74, 6) is -0.554. The van der Waals surface area contributed by atoms with Crippen LogP contribution in [-0.2, 0) is 19.1 Å². The minimum Gasteiger partial charge on any atom is -0.454 e. The van der Waals surface area contributed by atoms with E-state index >= 15 is 0 Å². The summed E-state index contributed by atoms with van der Waals surface area (Å²) in [5.41, 5.74) is 5.02. The topological polar surface area (TPSA) is 80.7 Å². The zero-order valence-corrected chi connectivity index (χ0v) is 30.1. The molecule has 6 heteroatoms. The Kier molecular flexibility index (Phi) is 10.0. The SMILES string of the molecule is CC1=C(/C=C/C(C)=C/C=C/C(C)=C/C(=O)OCC(=O)[C@@]2(Cl)CC[C@H]3[C@@H]4CCC5=CC(=O)C=C[C@]5(C)[C@H]4[C@@H](O)C[C@@]32C)C(C)(C)CCC1. The largest absolute Gasteiger partial charge is 0.454 e. The highest BCUT2D eigenvalue weighted by Gasteiger charge is 2.68. The van der Waals surface area contributed by atoms with Gasteiger partial charge < -0.3 is 9.84 Å². The van der Waals surface area contributed by atoms with Crippen LogP contribution in [0.15, 0.2) is 82.5 Å². The summed E-state index contributed by atoms with van der Waals surface area (Å²) < 4.78 is 5.44. The van der Waals surface area contributed by atoms with Gasteiger partial charge in [-0.25, -0.2) is 4.79 Å². The quantitative estimate of drug-likeness (QED) is 0.122. The molecule has 5 aliphatic carbocycles. The van der Waals surface area contributed by atoms with Crippen molar-refractivity contribution in [3.05, 3.63) is 82.5 Å². The number of carbonyl (C=O) groups is 3. The van der Waals surface area contributed by atoms with E-state index in [1.54, 1.807) is 12.2 Å². The van der Waals surface area contributed by atoms with Crippen molar-refractivity contribution in [3.63, 3.8) is 0 Å². The van der Waals surface area contributed by atoms with Crippen LogP contribution in [0, 0.1) is 34.0 Å². The van der Waals surface area contributed by atoms with E-state index in [-0.39, 0.29) is 40.2 Å². The molecule has 5 rings (SSSR count). The van der Waals surface area contributed by atoms with E-state index in [4.69, 9.17) is 16.3 Å². The zero-order chi connectivity index (χ0) is 34.4. The summed E-state index contributed by atoms with van der Waals surface area (Å²) in [6.45, 7) is 14.5. The van der Waals surface area contributed by atoms with Crippen LogP contribution in [0.25, 0.3) is 0 Å².